The number of morpholine rings is 1. The van der Waals surface area contributed by atoms with Gasteiger partial charge in [0.1, 0.15) is 5.75 Å². The van der Waals surface area contributed by atoms with E-state index in [2.05, 4.69) is 60.3 Å². The zero-order valence-corrected chi connectivity index (χ0v) is 17.7. The van der Waals surface area contributed by atoms with Crippen molar-refractivity contribution in [3.8, 4) is 5.75 Å². The summed E-state index contributed by atoms with van der Waals surface area (Å²) in [5.74, 6) is 0.544. The molecule has 0 aromatic heterocycles. The van der Waals surface area contributed by atoms with Crippen molar-refractivity contribution >= 4 is 5.97 Å². The molecule has 2 atom stereocenters. The van der Waals surface area contributed by atoms with Crippen molar-refractivity contribution in [2.24, 2.45) is 0 Å². The molecule has 2 unspecified atom stereocenters. The lowest BCUT2D eigenvalue weighted by Gasteiger charge is -2.55. The Morgan fingerprint density at radius 2 is 1.50 bits per heavy atom. The highest BCUT2D eigenvalue weighted by Gasteiger charge is 2.48. The molecule has 1 aliphatic rings. The van der Waals surface area contributed by atoms with Gasteiger partial charge in [-0.3, -0.25) is 9.69 Å². The van der Waals surface area contributed by atoms with Crippen LogP contribution in [0.5, 0.6) is 5.75 Å². The fraction of sp³-hybridized carbons (Fsp3) is 0.682. The van der Waals surface area contributed by atoms with Crippen LogP contribution in [0.25, 0.3) is 0 Å². The second-order valence-corrected chi connectivity index (χ2v) is 8.42. The van der Waals surface area contributed by atoms with E-state index in [1.165, 1.54) is 0 Å². The van der Waals surface area contributed by atoms with Gasteiger partial charge in [0.2, 0.25) is 0 Å². The first-order valence-corrected chi connectivity index (χ1v) is 9.80. The van der Waals surface area contributed by atoms with E-state index in [-0.39, 0.29) is 35.8 Å². The molecular weight excluding hydrogens is 326 g/mol. The Bertz CT molecular complexity index is 609. The molecule has 0 radical (unpaired) electrons. The lowest BCUT2D eigenvalue weighted by atomic mass is 9.86. The van der Waals surface area contributed by atoms with Crippen LogP contribution < -0.4 is 4.74 Å². The van der Waals surface area contributed by atoms with E-state index in [1.54, 1.807) is 0 Å². The van der Waals surface area contributed by atoms with Crippen molar-refractivity contribution in [3.05, 3.63) is 29.3 Å². The molecule has 1 aromatic rings. The molecular formula is C22H35NO3. The van der Waals surface area contributed by atoms with Crippen LogP contribution in [0, 0.1) is 0 Å². The first-order valence-electron chi connectivity index (χ1n) is 9.80. The van der Waals surface area contributed by atoms with E-state index in [0.29, 0.717) is 0 Å². The standard InChI is InChI=1S/C22H35NO3/c1-9-17-12-11-13-18(10-2)20(17)25-19(24)14-23-15(3)21(5,6)26-22(7,8)16(23)4/h11-13,15-16H,9-10,14H2,1-8H3. The summed E-state index contributed by atoms with van der Waals surface area (Å²) in [5.41, 5.74) is 1.51. The van der Waals surface area contributed by atoms with Gasteiger partial charge >= 0.3 is 5.97 Å². The molecule has 1 heterocycles. The van der Waals surface area contributed by atoms with Crippen LogP contribution >= 0.6 is 0 Å². The van der Waals surface area contributed by atoms with E-state index < -0.39 is 0 Å². The van der Waals surface area contributed by atoms with Crippen molar-refractivity contribution in [2.45, 2.75) is 91.5 Å². The molecule has 4 nitrogen and oxygen atoms in total. The largest absolute Gasteiger partial charge is 0.425 e. The van der Waals surface area contributed by atoms with E-state index in [9.17, 15) is 4.79 Å². The van der Waals surface area contributed by atoms with Gasteiger partial charge in [0, 0.05) is 12.1 Å². The molecule has 0 aliphatic carbocycles. The highest BCUT2D eigenvalue weighted by molar-refractivity contribution is 5.75. The summed E-state index contributed by atoms with van der Waals surface area (Å²) < 4.78 is 12.2. The fourth-order valence-corrected chi connectivity index (χ4v) is 3.88. The molecule has 2 rings (SSSR count). The lowest BCUT2D eigenvalue weighted by molar-refractivity contribution is -0.230. The summed E-state index contributed by atoms with van der Waals surface area (Å²) in [7, 11) is 0. The number of nitrogens with zero attached hydrogens (tertiary/aromatic N) is 1. The zero-order valence-electron chi connectivity index (χ0n) is 17.7. The Balaban J connectivity index is 2.22. The Morgan fingerprint density at radius 3 is 1.92 bits per heavy atom. The van der Waals surface area contributed by atoms with Gasteiger partial charge in [0.15, 0.2) is 0 Å². The maximum absolute atomic E-state index is 12.8. The van der Waals surface area contributed by atoms with Crippen molar-refractivity contribution in [1.82, 2.24) is 4.90 Å². The zero-order chi connectivity index (χ0) is 19.7. The lowest BCUT2D eigenvalue weighted by Crippen LogP contribution is -2.67. The summed E-state index contributed by atoms with van der Waals surface area (Å²) in [6.07, 6.45) is 1.70. The molecule has 146 valence electrons. The molecule has 1 aromatic carbocycles. The van der Waals surface area contributed by atoms with Crippen LogP contribution in [0.15, 0.2) is 18.2 Å². The number of rotatable bonds is 5. The normalized spacial score (nSPS) is 25.1. The van der Waals surface area contributed by atoms with E-state index in [1.807, 2.05) is 18.2 Å². The molecule has 1 aliphatic heterocycles. The summed E-state index contributed by atoms with van der Waals surface area (Å²) >= 11 is 0. The number of ether oxygens (including phenoxy) is 2. The monoisotopic (exact) mass is 361 g/mol. The van der Waals surface area contributed by atoms with Gasteiger partial charge in [-0.05, 0) is 65.5 Å². The van der Waals surface area contributed by atoms with Crippen molar-refractivity contribution in [2.75, 3.05) is 6.54 Å². The Labute approximate surface area is 158 Å². The van der Waals surface area contributed by atoms with Crippen LogP contribution in [0.3, 0.4) is 0 Å². The Morgan fingerprint density at radius 1 is 1.04 bits per heavy atom. The second kappa shape index (κ2) is 7.69. The topological polar surface area (TPSA) is 38.8 Å². The Kier molecular flexibility index (Phi) is 6.19. The number of benzene rings is 1. The first kappa shape index (κ1) is 20.9. The van der Waals surface area contributed by atoms with Crippen LogP contribution in [-0.4, -0.2) is 40.7 Å². The summed E-state index contributed by atoms with van der Waals surface area (Å²) in [4.78, 5) is 15.0. The van der Waals surface area contributed by atoms with E-state index >= 15 is 0 Å². The SMILES string of the molecule is CCc1cccc(CC)c1OC(=O)CN1C(C)C(C)(C)OC(C)(C)C1C. The predicted octanol–water partition coefficient (Wildman–Crippen LogP) is 4.38. The molecule has 26 heavy (non-hydrogen) atoms. The number of carbonyl (C=O) groups excluding carboxylic acids is 1. The number of para-hydroxylation sites is 1. The van der Waals surface area contributed by atoms with Gasteiger partial charge in [-0.2, -0.15) is 0 Å². The van der Waals surface area contributed by atoms with Gasteiger partial charge in [-0.1, -0.05) is 32.0 Å². The smallest absolute Gasteiger partial charge is 0.325 e. The van der Waals surface area contributed by atoms with Crippen molar-refractivity contribution in [3.63, 3.8) is 0 Å². The highest BCUT2D eigenvalue weighted by atomic mass is 16.5. The number of hydrogen-bond acceptors (Lipinski definition) is 4. The molecule has 0 bridgehead atoms. The maximum Gasteiger partial charge on any atom is 0.325 e. The molecule has 0 spiro atoms. The van der Waals surface area contributed by atoms with Gasteiger partial charge < -0.3 is 9.47 Å². The molecule has 4 heteroatoms. The fourth-order valence-electron chi connectivity index (χ4n) is 3.88. The van der Waals surface area contributed by atoms with Gasteiger partial charge in [-0.15, -0.1) is 0 Å². The van der Waals surface area contributed by atoms with Crippen LogP contribution in [0.2, 0.25) is 0 Å². The summed E-state index contributed by atoms with van der Waals surface area (Å²) in [5, 5.41) is 0. The average molecular weight is 362 g/mol. The first-order chi connectivity index (χ1) is 12.0. The third-order valence-corrected chi connectivity index (χ3v) is 6.00. The van der Waals surface area contributed by atoms with Crippen molar-refractivity contribution in [1.29, 1.82) is 0 Å². The Hall–Kier alpha value is -1.39. The van der Waals surface area contributed by atoms with Crippen LogP contribution in [-0.2, 0) is 22.4 Å². The van der Waals surface area contributed by atoms with Crippen LogP contribution in [0.4, 0.5) is 0 Å². The minimum atomic E-state index is -0.327. The molecule has 0 amide bonds. The predicted molar refractivity (Wildman–Crippen MR) is 106 cm³/mol. The van der Waals surface area contributed by atoms with Gasteiger partial charge in [0.05, 0.1) is 17.7 Å². The number of esters is 1. The van der Waals surface area contributed by atoms with Crippen molar-refractivity contribution < 1.29 is 14.3 Å². The number of aryl methyl sites for hydroxylation is 2. The average Bonchev–Trinajstić information content (AvgIpc) is 2.56. The quantitative estimate of drug-likeness (QED) is 0.576. The van der Waals surface area contributed by atoms with Gasteiger partial charge in [0.25, 0.3) is 0 Å². The molecule has 1 saturated heterocycles. The second-order valence-electron chi connectivity index (χ2n) is 8.42. The van der Waals surface area contributed by atoms with Crippen LogP contribution in [0.1, 0.15) is 66.5 Å². The third kappa shape index (κ3) is 4.12. The molecule has 1 fully saturated rings. The summed E-state index contributed by atoms with van der Waals surface area (Å²) in [6, 6.07) is 6.34. The molecule has 0 saturated carbocycles. The maximum atomic E-state index is 12.8. The molecule has 0 N–H and O–H groups in total. The van der Waals surface area contributed by atoms with E-state index in [0.717, 1.165) is 29.7 Å². The minimum absolute atomic E-state index is 0.116. The summed E-state index contributed by atoms with van der Waals surface area (Å²) in [6.45, 7) is 17.0. The van der Waals surface area contributed by atoms with Gasteiger partial charge in [-0.25, -0.2) is 0 Å². The highest BCUT2D eigenvalue weighted by Crippen LogP contribution is 2.37. The number of carbonyl (C=O) groups is 1. The minimum Gasteiger partial charge on any atom is -0.425 e. The third-order valence-electron chi connectivity index (χ3n) is 6.00. The van der Waals surface area contributed by atoms with E-state index in [4.69, 9.17) is 9.47 Å². The number of hydrogen-bond donors (Lipinski definition) is 0.